The highest BCUT2D eigenvalue weighted by Gasteiger charge is 2.07. The number of hydrogen-bond acceptors (Lipinski definition) is 2. The summed E-state index contributed by atoms with van der Waals surface area (Å²) in [6, 6.07) is 14.0. The molecule has 0 aliphatic heterocycles. The maximum atomic E-state index is 6.12. The molecule has 1 heterocycles. The van der Waals surface area contributed by atoms with Crippen molar-refractivity contribution in [3.63, 3.8) is 0 Å². The Morgan fingerprint density at radius 3 is 2.83 bits per heavy atom. The zero-order chi connectivity index (χ0) is 16.2. The van der Waals surface area contributed by atoms with Gasteiger partial charge in [0.1, 0.15) is 11.6 Å². The van der Waals surface area contributed by atoms with Gasteiger partial charge >= 0.3 is 0 Å². The Morgan fingerprint density at radius 1 is 1.17 bits per heavy atom. The van der Waals surface area contributed by atoms with Gasteiger partial charge in [0.15, 0.2) is 0 Å². The van der Waals surface area contributed by atoms with Gasteiger partial charge in [0.2, 0.25) is 0 Å². The summed E-state index contributed by atoms with van der Waals surface area (Å²) in [6.07, 6.45) is 4.56. The zero-order valence-electron chi connectivity index (χ0n) is 12.7. The van der Waals surface area contributed by atoms with Gasteiger partial charge in [0.05, 0.1) is 7.11 Å². The number of methoxy groups -OCH3 is 1. The first-order valence-corrected chi connectivity index (χ1v) is 8.39. The van der Waals surface area contributed by atoms with Crippen LogP contribution in [0.15, 0.2) is 59.3 Å². The molecule has 3 nitrogen and oxygen atoms in total. The van der Waals surface area contributed by atoms with E-state index in [0.717, 1.165) is 39.6 Å². The summed E-state index contributed by atoms with van der Waals surface area (Å²) in [7, 11) is 1.68. The highest BCUT2D eigenvalue weighted by molar-refractivity contribution is 9.10. The third-order valence-corrected chi connectivity index (χ3v) is 4.25. The van der Waals surface area contributed by atoms with Crippen molar-refractivity contribution in [2.24, 2.45) is 0 Å². The summed E-state index contributed by atoms with van der Waals surface area (Å²) in [5.41, 5.74) is 2.30. The Kier molecular flexibility index (Phi) is 5.03. The smallest absolute Gasteiger partial charge is 0.119 e. The number of hydrogen-bond donors (Lipinski definition) is 0. The maximum absolute atomic E-state index is 6.12. The lowest BCUT2D eigenvalue weighted by Crippen LogP contribution is -2.05. The van der Waals surface area contributed by atoms with Crippen molar-refractivity contribution in [3.8, 4) is 5.75 Å². The number of benzene rings is 2. The van der Waals surface area contributed by atoms with Crippen molar-refractivity contribution >= 4 is 27.5 Å². The van der Waals surface area contributed by atoms with Gasteiger partial charge in [-0.05, 0) is 41.5 Å². The van der Waals surface area contributed by atoms with Crippen molar-refractivity contribution in [2.45, 2.75) is 13.0 Å². The summed E-state index contributed by atoms with van der Waals surface area (Å²) >= 11 is 9.60. The van der Waals surface area contributed by atoms with Crippen LogP contribution in [0.25, 0.3) is 0 Å². The first kappa shape index (κ1) is 16.1. The Balaban J connectivity index is 1.81. The highest BCUT2D eigenvalue weighted by atomic mass is 79.9. The average Bonchev–Trinajstić information content (AvgIpc) is 2.93. The number of nitrogens with zero attached hydrogens (tertiary/aromatic N) is 2. The van der Waals surface area contributed by atoms with E-state index in [-0.39, 0.29) is 0 Å². The lowest BCUT2D eigenvalue weighted by Gasteiger charge is -2.10. The molecule has 0 amide bonds. The average molecular weight is 392 g/mol. The molecule has 118 valence electrons. The van der Waals surface area contributed by atoms with Crippen molar-refractivity contribution in [2.75, 3.05) is 7.11 Å². The van der Waals surface area contributed by atoms with E-state index in [0.29, 0.717) is 0 Å². The molecular formula is C18H16BrClN2O. The number of imidazole rings is 1. The molecule has 0 aliphatic carbocycles. The first-order valence-electron chi connectivity index (χ1n) is 7.22. The van der Waals surface area contributed by atoms with E-state index in [1.165, 1.54) is 5.56 Å². The molecule has 2 aromatic carbocycles. The topological polar surface area (TPSA) is 27.1 Å². The molecule has 0 bridgehead atoms. The van der Waals surface area contributed by atoms with Crippen LogP contribution < -0.4 is 4.74 Å². The minimum absolute atomic E-state index is 0.722. The van der Waals surface area contributed by atoms with E-state index in [1.54, 1.807) is 7.11 Å². The maximum Gasteiger partial charge on any atom is 0.119 e. The van der Waals surface area contributed by atoms with Crippen molar-refractivity contribution in [1.29, 1.82) is 0 Å². The summed E-state index contributed by atoms with van der Waals surface area (Å²) < 4.78 is 8.40. The molecule has 0 radical (unpaired) electrons. The number of rotatable bonds is 5. The SMILES string of the molecule is COc1cccc(Cn2ccnc2Cc2cc(Cl)cc(Br)c2)c1. The second-order valence-electron chi connectivity index (χ2n) is 5.28. The van der Waals surface area contributed by atoms with Gasteiger partial charge < -0.3 is 9.30 Å². The Labute approximate surface area is 149 Å². The number of halogens is 2. The van der Waals surface area contributed by atoms with Crippen LogP contribution >= 0.6 is 27.5 Å². The summed E-state index contributed by atoms with van der Waals surface area (Å²) in [4.78, 5) is 4.48. The molecule has 3 aromatic rings. The third kappa shape index (κ3) is 4.15. The molecule has 0 N–H and O–H groups in total. The molecule has 1 aromatic heterocycles. The van der Waals surface area contributed by atoms with Crippen LogP contribution in [0.5, 0.6) is 5.75 Å². The molecular weight excluding hydrogens is 376 g/mol. The van der Waals surface area contributed by atoms with Gasteiger partial charge in [-0.3, -0.25) is 0 Å². The van der Waals surface area contributed by atoms with E-state index < -0.39 is 0 Å². The Morgan fingerprint density at radius 2 is 2.04 bits per heavy atom. The molecule has 5 heteroatoms. The standard InChI is InChI=1S/C18H16BrClN2O/c1-23-17-4-2-3-13(9-17)12-22-6-5-21-18(22)10-14-7-15(19)11-16(20)8-14/h2-9,11H,10,12H2,1H3. The molecule has 23 heavy (non-hydrogen) atoms. The van der Waals surface area contributed by atoms with Gasteiger partial charge in [0.25, 0.3) is 0 Å². The normalized spacial score (nSPS) is 10.7. The van der Waals surface area contributed by atoms with Gasteiger partial charge in [-0.15, -0.1) is 0 Å². The molecule has 0 unspecified atom stereocenters. The van der Waals surface area contributed by atoms with Crippen molar-refractivity contribution in [3.05, 3.63) is 81.3 Å². The van der Waals surface area contributed by atoms with Gasteiger partial charge in [-0.1, -0.05) is 39.7 Å². The third-order valence-electron chi connectivity index (χ3n) is 3.57. The predicted molar refractivity (Wildman–Crippen MR) is 96.3 cm³/mol. The lowest BCUT2D eigenvalue weighted by atomic mass is 10.1. The van der Waals surface area contributed by atoms with E-state index in [1.807, 2.05) is 42.7 Å². The monoisotopic (exact) mass is 390 g/mol. The van der Waals surface area contributed by atoms with Crippen LogP contribution in [0.2, 0.25) is 5.02 Å². The van der Waals surface area contributed by atoms with E-state index >= 15 is 0 Å². The summed E-state index contributed by atoms with van der Waals surface area (Å²) in [5.74, 6) is 1.87. The van der Waals surface area contributed by atoms with E-state index in [2.05, 4.69) is 37.6 Å². The minimum Gasteiger partial charge on any atom is -0.497 e. The van der Waals surface area contributed by atoms with Crippen LogP contribution in [0.4, 0.5) is 0 Å². The minimum atomic E-state index is 0.722. The second kappa shape index (κ2) is 7.20. The van der Waals surface area contributed by atoms with E-state index in [4.69, 9.17) is 16.3 Å². The number of ether oxygens (including phenoxy) is 1. The van der Waals surface area contributed by atoms with Gasteiger partial charge in [-0.2, -0.15) is 0 Å². The zero-order valence-corrected chi connectivity index (χ0v) is 15.0. The van der Waals surface area contributed by atoms with Crippen LogP contribution in [0.3, 0.4) is 0 Å². The fourth-order valence-corrected chi connectivity index (χ4v) is 3.44. The fraction of sp³-hybridized carbons (Fsp3) is 0.167. The summed E-state index contributed by atoms with van der Waals surface area (Å²) in [6.45, 7) is 0.758. The molecule has 0 saturated heterocycles. The van der Waals surface area contributed by atoms with Crippen LogP contribution in [0.1, 0.15) is 17.0 Å². The summed E-state index contributed by atoms with van der Waals surface area (Å²) in [5, 5.41) is 0.722. The first-order chi connectivity index (χ1) is 11.1. The molecule has 0 fully saturated rings. The molecule has 0 aliphatic rings. The fourth-order valence-electron chi connectivity index (χ4n) is 2.51. The quantitative estimate of drug-likeness (QED) is 0.615. The Bertz CT molecular complexity index is 796. The van der Waals surface area contributed by atoms with Gasteiger partial charge in [0, 0.05) is 34.9 Å². The molecule has 3 rings (SSSR count). The Hall–Kier alpha value is -1.78. The second-order valence-corrected chi connectivity index (χ2v) is 6.63. The highest BCUT2D eigenvalue weighted by Crippen LogP contribution is 2.22. The predicted octanol–water partition coefficient (Wildman–Crippen LogP) is 4.95. The van der Waals surface area contributed by atoms with Crippen LogP contribution in [-0.2, 0) is 13.0 Å². The van der Waals surface area contributed by atoms with Crippen LogP contribution in [0, 0.1) is 0 Å². The number of aromatic nitrogens is 2. The molecule has 0 atom stereocenters. The van der Waals surface area contributed by atoms with Crippen LogP contribution in [-0.4, -0.2) is 16.7 Å². The lowest BCUT2D eigenvalue weighted by molar-refractivity contribution is 0.414. The largest absolute Gasteiger partial charge is 0.497 e. The van der Waals surface area contributed by atoms with Gasteiger partial charge in [-0.25, -0.2) is 4.98 Å². The van der Waals surface area contributed by atoms with E-state index in [9.17, 15) is 0 Å². The van der Waals surface area contributed by atoms with Crippen molar-refractivity contribution in [1.82, 2.24) is 9.55 Å². The molecule has 0 spiro atoms. The van der Waals surface area contributed by atoms with Crippen molar-refractivity contribution < 1.29 is 4.74 Å². The molecule has 0 saturated carbocycles.